The predicted molar refractivity (Wildman–Crippen MR) is 71.6 cm³/mol. The van der Waals surface area contributed by atoms with Crippen molar-refractivity contribution >= 4 is 22.5 Å². The molecule has 0 saturated heterocycles. The number of urea groups is 1. The quantitative estimate of drug-likeness (QED) is 0.882. The van der Waals surface area contributed by atoms with E-state index in [1.807, 2.05) is 0 Å². The molecular weight excluding hydrogens is 282 g/mol. The third kappa shape index (κ3) is 3.15. The summed E-state index contributed by atoms with van der Waals surface area (Å²) in [5, 5.41) is 11.0. The Morgan fingerprint density at radius 3 is 2.75 bits per heavy atom. The van der Waals surface area contributed by atoms with Crippen LogP contribution >= 0.6 is 11.3 Å². The van der Waals surface area contributed by atoms with Crippen LogP contribution in [-0.2, 0) is 0 Å². The van der Waals surface area contributed by atoms with Gasteiger partial charge < -0.3 is 10.1 Å². The summed E-state index contributed by atoms with van der Waals surface area (Å²) in [4.78, 5) is 24.5. The van der Waals surface area contributed by atoms with Crippen molar-refractivity contribution in [2.45, 2.75) is 13.0 Å². The van der Waals surface area contributed by atoms with Crippen LogP contribution in [0.1, 0.15) is 18.9 Å². The van der Waals surface area contributed by atoms with Gasteiger partial charge in [-0.15, -0.1) is 5.10 Å². The molecule has 0 aromatic carbocycles. The van der Waals surface area contributed by atoms with E-state index in [0.717, 1.165) is 11.3 Å². The third-order valence-electron chi connectivity index (χ3n) is 2.36. The predicted octanol–water partition coefficient (Wildman–Crippen LogP) is 0.639. The van der Waals surface area contributed by atoms with Gasteiger partial charge in [0.1, 0.15) is 12.7 Å². The lowest BCUT2D eigenvalue weighted by molar-refractivity contribution is 0.213. The van der Waals surface area contributed by atoms with Crippen LogP contribution in [0, 0.1) is 0 Å². The number of aromatic nitrogens is 5. The van der Waals surface area contributed by atoms with Crippen molar-refractivity contribution in [2.75, 3.05) is 19.0 Å². The van der Waals surface area contributed by atoms with E-state index < -0.39 is 0 Å². The summed E-state index contributed by atoms with van der Waals surface area (Å²) in [5.41, 5.74) is 0. The van der Waals surface area contributed by atoms with Crippen molar-refractivity contribution in [3.05, 3.63) is 18.5 Å². The van der Waals surface area contributed by atoms with Crippen molar-refractivity contribution in [1.82, 2.24) is 30.5 Å². The standard InChI is InChI=1S/C10H13N7O2S/c1-6(7-13-4-12-5-14-7)19-10-16-15-9(20-10)17(3)8(18)11-2/h4-6H,1-3H3,(H,11,18). The smallest absolute Gasteiger partial charge is 0.323 e. The summed E-state index contributed by atoms with van der Waals surface area (Å²) in [7, 11) is 3.14. The zero-order valence-corrected chi connectivity index (χ0v) is 12.0. The number of carbonyl (C=O) groups is 1. The van der Waals surface area contributed by atoms with Crippen molar-refractivity contribution in [1.29, 1.82) is 0 Å². The van der Waals surface area contributed by atoms with Gasteiger partial charge >= 0.3 is 6.03 Å². The zero-order chi connectivity index (χ0) is 14.5. The van der Waals surface area contributed by atoms with Gasteiger partial charge in [-0.3, -0.25) is 4.90 Å². The lowest BCUT2D eigenvalue weighted by atomic mass is 10.4. The van der Waals surface area contributed by atoms with Crippen LogP contribution in [0.4, 0.5) is 9.93 Å². The number of rotatable bonds is 4. The Hall–Kier alpha value is -2.36. The average molecular weight is 295 g/mol. The maximum atomic E-state index is 11.5. The van der Waals surface area contributed by atoms with Crippen molar-refractivity contribution in [2.24, 2.45) is 0 Å². The Balaban J connectivity index is 2.05. The van der Waals surface area contributed by atoms with E-state index in [1.54, 1.807) is 21.0 Å². The molecule has 0 spiro atoms. The number of carbonyl (C=O) groups excluding carboxylic acids is 1. The minimum Gasteiger partial charge on any atom is -0.458 e. The van der Waals surface area contributed by atoms with Crippen LogP contribution in [-0.4, -0.2) is 45.3 Å². The van der Waals surface area contributed by atoms with Crippen molar-refractivity contribution in [3.63, 3.8) is 0 Å². The Morgan fingerprint density at radius 2 is 2.10 bits per heavy atom. The van der Waals surface area contributed by atoms with Gasteiger partial charge in [0.2, 0.25) is 5.13 Å². The lowest BCUT2D eigenvalue weighted by Crippen LogP contribution is -2.34. The molecule has 0 bridgehead atoms. The van der Waals surface area contributed by atoms with Gasteiger partial charge in [-0.1, -0.05) is 5.10 Å². The molecule has 2 aromatic rings. The first kappa shape index (κ1) is 14.1. The number of amides is 2. The van der Waals surface area contributed by atoms with Gasteiger partial charge in [0.05, 0.1) is 0 Å². The second-order valence-electron chi connectivity index (χ2n) is 3.72. The summed E-state index contributed by atoms with van der Waals surface area (Å²) < 4.78 is 5.58. The van der Waals surface area contributed by atoms with Gasteiger partial charge in [0.25, 0.3) is 5.19 Å². The normalized spacial score (nSPS) is 11.8. The van der Waals surface area contributed by atoms with E-state index >= 15 is 0 Å². The number of nitrogens with zero attached hydrogens (tertiary/aromatic N) is 6. The fraction of sp³-hybridized carbons (Fsp3) is 0.400. The summed E-state index contributed by atoms with van der Waals surface area (Å²) in [6, 6.07) is -0.279. The highest BCUT2D eigenvalue weighted by molar-refractivity contribution is 7.17. The van der Waals surface area contributed by atoms with Crippen LogP contribution in [0.15, 0.2) is 12.7 Å². The average Bonchev–Trinajstić information content (AvgIpc) is 2.95. The molecule has 0 radical (unpaired) electrons. The molecule has 1 unspecified atom stereocenters. The zero-order valence-electron chi connectivity index (χ0n) is 11.1. The molecule has 0 aliphatic heterocycles. The molecule has 0 aliphatic rings. The van der Waals surface area contributed by atoms with Gasteiger partial charge in [-0.25, -0.2) is 19.7 Å². The SMILES string of the molecule is CNC(=O)N(C)c1nnc(OC(C)c2ncncn2)s1. The fourth-order valence-electron chi connectivity index (χ4n) is 1.30. The first-order chi connectivity index (χ1) is 9.61. The van der Waals surface area contributed by atoms with E-state index in [1.165, 1.54) is 17.6 Å². The molecule has 0 fully saturated rings. The largest absolute Gasteiger partial charge is 0.458 e. The van der Waals surface area contributed by atoms with Crippen molar-refractivity contribution in [3.8, 4) is 5.19 Å². The summed E-state index contributed by atoms with van der Waals surface area (Å²) in [6.45, 7) is 1.79. The van der Waals surface area contributed by atoms with E-state index in [0.29, 0.717) is 16.1 Å². The summed E-state index contributed by atoms with van der Waals surface area (Å²) in [5.74, 6) is 0.497. The highest BCUT2D eigenvalue weighted by Crippen LogP contribution is 2.28. The van der Waals surface area contributed by atoms with Gasteiger partial charge in [-0.05, 0) is 18.3 Å². The van der Waals surface area contributed by atoms with Gasteiger partial charge in [-0.2, -0.15) is 0 Å². The number of anilines is 1. The molecule has 0 aliphatic carbocycles. The van der Waals surface area contributed by atoms with E-state index in [-0.39, 0.29) is 12.1 Å². The summed E-state index contributed by atoms with van der Waals surface area (Å²) in [6.07, 6.45) is 2.41. The molecule has 1 N–H and O–H groups in total. The van der Waals surface area contributed by atoms with Crippen LogP contribution in [0.25, 0.3) is 0 Å². The van der Waals surface area contributed by atoms with E-state index in [9.17, 15) is 4.79 Å². The Labute approximate surface area is 119 Å². The van der Waals surface area contributed by atoms with E-state index in [4.69, 9.17) is 4.74 Å². The van der Waals surface area contributed by atoms with Crippen LogP contribution in [0.3, 0.4) is 0 Å². The molecule has 106 valence electrons. The molecule has 1 atom stereocenters. The molecule has 2 rings (SSSR count). The van der Waals surface area contributed by atoms with Crippen LogP contribution in [0.2, 0.25) is 0 Å². The van der Waals surface area contributed by atoms with Crippen molar-refractivity contribution < 1.29 is 9.53 Å². The Bertz CT molecular complexity index is 576. The monoisotopic (exact) mass is 295 g/mol. The minimum absolute atomic E-state index is 0.279. The molecule has 10 heteroatoms. The molecule has 9 nitrogen and oxygen atoms in total. The lowest BCUT2D eigenvalue weighted by Gasteiger charge is -2.11. The third-order valence-corrected chi connectivity index (χ3v) is 3.25. The first-order valence-corrected chi connectivity index (χ1v) is 6.51. The Kier molecular flexibility index (Phi) is 4.35. The molecular formula is C10H13N7O2S. The number of hydrogen-bond donors (Lipinski definition) is 1. The second-order valence-corrected chi connectivity index (χ2v) is 4.64. The topological polar surface area (TPSA) is 106 Å². The van der Waals surface area contributed by atoms with Gasteiger partial charge in [0, 0.05) is 14.1 Å². The maximum Gasteiger partial charge on any atom is 0.323 e. The molecule has 2 amide bonds. The minimum atomic E-state index is -0.385. The maximum absolute atomic E-state index is 11.5. The fourth-order valence-corrected chi connectivity index (χ4v) is 2.03. The Morgan fingerprint density at radius 1 is 1.40 bits per heavy atom. The van der Waals surface area contributed by atoms with E-state index in [2.05, 4.69) is 30.5 Å². The van der Waals surface area contributed by atoms with Crippen LogP contribution in [0.5, 0.6) is 5.19 Å². The summed E-state index contributed by atoms with van der Waals surface area (Å²) >= 11 is 1.16. The molecule has 2 aromatic heterocycles. The molecule has 0 saturated carbocycles. The second kappa shape index (κ2) is 6.19. The first-order valence-electron chi connectivity index (χ1n) is 5.69. The number of hydrogen-bond acceptors (Lipinski definition) is 8. The molecule has 2 heterocycles. The van der Waals surface area contributed by atoms with Crippen LogP contribution < -0.4 is 15.0 Å². The number of ether oxygens (including phenoxy) is 1. The highest BCUT2D eigenvalue weighted by Gasteiger charge is 2.17. The highest BCUT2D eigenvalue weighted by atomic mass is 32.1. The van der Waals surface area contributed by atoms with Gasteiger partial charge in [0.15, 0.2) is 11.9 Å². The number of nitrogens with one attached hydrogen (secondary N) is 1. The molecule has 20 heavy (non-hydrogen) atoms.